The van der Waals surface area contributed by atoms with Crippen LogP contribution in [0, 0.1) is 22.7 Å². The standard InChI is InChI=1S/2C17H12ClN5.C2H4O2/c2*18-15-9-22-16(23-17(20)21)14-7-12(4-5-13(14)15)11-3-1-2-10(6-11)8-19;1-2(3)4/h2*1-7,9H,(H4,20,21,22,23);1H3,(H,3,4). The molecular weight excluding hydrogens is 675 g/mol. The summed E-state index contributed by atoms with van der Waals surface area (Å²) in [6.45, 7) is 1.08. The molecule has 0 atom stereocenters. The van der Waals surface area contributed by atoms with Crippen LogP contribution in [0.3, 0.4) is 0 Å². The van der Waals surface area contributed by atoms with Crippen molar-refractivity contribution >= 4 is 74.3 Å². The van der Waals surface area contributed by atoms with Crippen LogP contribution in [0.4, 0.5) is 11.6 Å². The minimum Gasteiger partial charge on any atom is -0.481 e. The fourth-order valence-corrected chi connectivity index (χ4v) is 5.13. The van der Waals surface area contributed by atoms with Crippen LogP contribution in [0.1, 0.15) is 18.1 Å². The first-order valence-electron chi connectivity index (χ1n) is 14.5. The number of nitriles is 2. The van der Waals surface area contributed by atoms with Crippen LogP contribution >= 0.6 is 23.2 Å². The average Bonchev–Trinajstić information content (AvgIpc) is 3.10. The number of halogens is 2. The third-order valence-electron chi connectivity index (χ3n) is 6.76. The molecule has 0 radical (unpaired) electrons. The van der Waals surface area contributed by atoms with Gasteiger partial charge in [0, 0.05) is 40.9 Å². The lowest BCUT2D eigenvalue weighted by Crippen LogP contribution is -2.22. The van der Waals surface area contributed by atoms with Crippen molar-refractivity contribution in [2.24, 2.45) is 32.9 Å². The smallest absolute Gasteiger partial charge is 0.300 e. The number of pyridine rings is 2. The molecule has 0 unspecified atom stereocenters. The van der Waals surface area contributed by atoms with E-state index >= 15 is 0 Å². The molecule has 0 saturated heterocycles. The molecule has 2 aromatic heterocycles. The van der Waals surface area contributed by atoms with Crippen LogP contribution in [0.2, 0.25) is 10.0 Å². The first-order valence-corrected chi connectivity index (χ1v) is 15.2. The molecule has 50 heavy (non-hydrogen) atoms. The van der Waals surface area contributed by atoms with Crippen LogP contribution in [-0.4, -0.2) is 33.0 Å². The van der Waals surface area contributed by atoms with Gasteiger partial charge in [-0.25, -0.2) is 9.97 Å². The molecule has 6 rings (SSSR count). The van der Waals surface area contributed by atoms with Gasteiger partial charge >= 0.3 is 0 Å². The molecule has 14 heteroatoms. The van der Waals surface area contributed by atoms with Crippen LogP contribution < -0.4 is 22.9 Å². The van der Waals surface area contributed by atoms with Gasteiger partial charge in [0.25, 0.3) is 5.97 Å². The van der Waals surface area contributed by atoms with E-state index in [4.69, 9.17) is 66.6 Å². The second kappa shape index (κ2) is 16.4. The van der Waals surface area contributed by atoms with Crippen molar-refractivity contribution < 1.29 is 9.90 Å². The Labute approximate surface area is 296 Å². The molecule has 0 bridgehead atoms. The number of rotatable bonds is 4. The van der Waals surface area contributed by atoms with E-state index in [1.54, 1.807) is 12.1 Å². The molecule has 0 aliphatic carbocycles. The summed E-state index contributed by atoms with van der Waals surface area (Å²) >= 11 is 12.4. The predicted octanol–water partition coefficient (Wildman–Crippen LogP) is 6.75. The number of nitrogens with two attached hydrogens (primary N) is 4. The lowest BCUT2D eigenvalue weighted by Gasteiger charge is -2.08. The Morgan fingerprint density at radius 2 is 1.00 bits per heavy atom. The minimum absolute atomic E-state index is 0.0713. The summed E-state index contributed by atoms with van der Waals surface area (Å²) in [5, 5.41) is 29.6. The Kier molecular flexibility index (Phi) is 11.8. The molecule has 0 saturated carbocycles. The van der Waals surface area contributed by atoms with Gasteiger partial charge < -0.3 is 28.0 Å². The van der Waals surface area contributed by atoms with E-state index in [0.29, 0.717) is 32.8 Å². The van der Waals surface area contributed by atoms with Gasteiger partial charge in [-0.3, -0.25) is 4.79 Å². The zero-order chi connectivity index (χ0) is 36.4. The van der Waals surface area contributed by atoms with Crippen molar-refractivity contribution in [3.8, 4) is 34.4 Å². The van der Waals surface area contributed by atoms with E-state index < -0.39 is 5.97 Å². The molecule has 0 aliphatic heterocycles. The van der Waals surface area contributed by atoms with Crippen LogP contribution in [-0.2, 0) is 4.79 Å². The number of hydrogen-bond donors (Lipinski definition) is 5. The largest absolute Gasteiger partial charge is 0.481 e. The summed E-state index contributed by atoms with van der Waals surface area (Å²) in [5.41, 5.74) is 26.7. The van der Waals surface area contributed by atoms with Gasteiger partial charge in [0.1, 0.15) is 0 Å². The predicted molar refractivity (Wildman–Crippen MR) is 198 cm³/mol. The normalized spacial score (nSPS) is 9.94. The highest BCUT2D eigenvalue weighted by Crippen LogP contribution is 2.35. The van der Waals surface area contributed by atoms with Gasteiger partial charge in [-0.15, -0.1) is 0 Å². The number of fused-ring (bicyclic) bond motifs is 2. The van der Waals surface area contributed by atoms with E-state index in [2.05, 4.69) is 32.1 Å². The first-order chi connectivity index (χ1) is 23.9. The highest BCUT2D eigenvalue weighted by Gasteiger charge is 2.10. The number of nitrogens with zero attached hydrogens (tertiary/aromatic N) is 6. The molecule has 0 amide bonds. The number of hydrogen-bond acceptors (Lipinski definition) is 7. The monoisotopic (exact) mass is 702 g/mol. The lowest BCUT2D eigenvalue weighted by molar-refractivity contribution is -0.134. The summed E-state index contributed by atoms with van der Waals surface area (Å²) in [4.78, 5) is 25.5. The lowest BCUT2D eigenvalue weighted by atomic mass is 10.0. The fourth-order valence-electron chi connectivity index (χ4n) is 4.71. The first kappa shape index (κ1) is 36.1. The average molecular weight is 704 g/mol. The molecule has 0 fully saturated rings. The van der Waals surface area contributed by atoms with Crippen molar-refractivity contribution in [2.75, 3.05) is 0 Å². The summed E-state index contributed by atoms with van der Waals surface area (Å²) in [6, 6.07) is 30.4. The number of guanidine groups is 2. The third-order valence-corrected chi connectivity index (χ3v) is 7.36. The fraction of sp³-hybridized carbons (Fsp3) is 0.0278. The number of benzene rings is 4. The quantitative estimate of drug-likeness (QED) is 0.0955. The molecule has 0 spiro atoms. The van der Waals surface area contributed by atoms with E-state index in [9.17, 15) is 0 Å². The molecule has 0 aliphatic rings. The summed E-state index contributed by atoms with van der Waals surface area (Å²) in [7, 11) is 0. The topological polar surface area (TPSA) is 239 Å². The second-order valence-corrected chi connectivity index (χ2v) is 11.2. The van der Waals surface area contributed by atoms with Crippen LogP contribution in [0.25, 0.3) is 43.8 Å². The Morgan fingerprint density at radius 1 is 0.640 bits per heavy atom. The highest BCUT2D eigenvalue weighted by atomic mass is 35.5. The highest BCUT2D eigenvalue weighted by molar-refractivity contribution is 6.36. The number of carboxylic acid groups (broad SMARTS) is 1. The van der Waals surface area contributed by atoms with Crippen LogP contribution in [0.15, 0.2) is 107 Å². The molecule has 4 aromatic carbocycles. The van der Waals surface area contributed by atoms with Gasteiger partial charge in [-0.05, 0) is 58.7 Å². The van der Waals surface area contributed by atoms with E-state index in [0.717, 1.165) is 50.7 Å². The molecule has 6 aromatic rings. The van der Waals surface area contributed by atoms with Gasteiger partial charge in [-0.1, -0.05) is 71.7 Å². The number of aromatic nitrogens is 2. The van der Waals surface area contributed by atoms with E-state index in [1.165, 1.54) is 12.4 Å². The zero-order valence-electron chi connectivity index (χ0n) is 26.3. The summed E-state index contributed by atoms with van der Waals surface area (Å²) in [5.74, 6) is -0.165. The Hall–Kier alpha value is -6.73. The zero-order valence-corrected chi connectivity index (χ0v) is 27.9. The Morgan fingerprint density at radius 3 is 1.34 bits per heavy atom. The minimum atomic E-state index is -0.833. The molecule has 12 nitrogen and oxygen atoms in total. The van der Waals surface area contributed by atoms with E-state index in [1.807, 2.05) is 72.8 Å². The number of aliphatic imine (C=N–C) groups is 2. The third kappa shape index (κ3) is 9.20. The number of carbonyl (C=O) groups is 1. The van der Waals surface area contributed by atoms with Gasteiger partial charge in [0.05, 0.1) is 33.3 Å². The maximum absolute atomic E-state index is 9.04. The van der Waals surface area contributed by atoms with Crippen LogP contribution in [0.5, 0.6) is 0 Å². The maximum atomic E-state index is 9.04. The molecule has 248 valence electrons. The van der Waals surface area contributed by atoms with Crippen molar-refractivity contribution in [3.05, 3.63) is 118 Å². The van der Waals surface area contributed by atoms with E-state index in [-0.39, 0.29) is 11.9 Å². The van der Waals surface area contributed by atoms with Crippen molar-refractivity contribution in [1.82, 2.24) is 9.97 Å². The summed E-state index contributed by atoms with van der Waals surface area (Å²) < 4.78 is 0. The van der Waals surface area contributed by atoms with Gasteiger partial charge in [0.2, 0.25) is 0 Å². The number of carboxylic acids is 1. The second-order valence-electron chi connectivity index (χ2n) is 10.4. The SMILES string of the molecule is CC(=O)O.N#Cc1cccc(-c2ccc3c(Cl)cnc(N=C(N)N)c3c2)c1.N#Cc1cccc(-c2ccc3c(Cl)cnc(N=C(N)N)c3c2)c1. The maximum Gasteiger partial charge on any atom is 0.300 e. The van der Waals surface area contributed by atoms with Gasteiger partial charge in [0.15, 0.2) is 23.6 Å². The molecular formula is C36H28Cl2N10O2. The summed E-state index contributed by atoms with van der Waals surface area (Å²) in [6.07, 6.45) is 3.03. The number of aliphatic carboxylic acids is 1. The molecule has 9 N–H and O–H groups in total. The Balaban J connectivity index is 0.000000203. The Bertz CT molecular complexity index is 2210. The molecule has 2 heterocycles. The van der Waals surface area contributed by atoms with Gasteiger partial charge in [-0.2, -0.15) is 20.5 Å². The van der Waals surface area contributed by atoms with Crippen molar-refractivity contribution in [3.63, 3.8) is 0 Å². The van der Waals surface area contributed by atoms with Crippen molar-refractivity contribution in [2.45, 2.75) is 6.92 Å². The van der Waals surface area contributed by atoms with Crippen molar-refractivity contribution in [1.29, 1.82) is 10.5 Å².